The van der Waals surface area contributed by atoms with Gasteiger partial charge < -0.3 is 5.32 Å². The minimum atomic E-state index is 0.717. The van der Waals surface area contributed by atoms with Crippen molar-refractivity contribution >= 4 is 11.6 Å². The molecule has 0 aromatic heterocycles. The molecule has 0 unspecified atom stereocenters. The Balaban J connectivity index is 2.25. The maximum absolute atomic E-state index is 5.89. The highest BCUT2D eigenvalue weighted by Crippen LogP contribution is 2.10. The summed E-state index contributed by atoms with van der Waals surface area (Å²) in [5.41, 5.74) is 1.30. The summed E-state index contributed by atoms with van der Waals surface area (Å²) in [4.78, 5) is 0. The number of benzene rings is 1. The average molecular weight is 212 g/mol. The lowest BCUT2D eigenvalue weighted by Crippen LogP contribution is -2.22. The summed E-state index contributed by atoms with van der Waals surface area (Å²) in [5.74, 6) is 0.717. The molecule has 0 aliphatic rings. The van der Waals surface area contributed by atoms with E-state index in [1.807, 2.05) is 18.2 Å². The molecule has 1 N–H and O–H groups in total. The molecule has 14 heavy (non-hydrogen) atoms. The third-order valence-electron chi connectivity index (χ3n) is 2.03. The summed E-state index contributed by atoms with van der Waals surface area (Å²) in [6.45, 7) is 6.54. The Morgan fingerprint density at radius 3 is 2.79 bits per heavy atom. The van der Waals surface area contributed by atoms with Crippen LogP contribution in [0.2, 0.25) is 5.02 Å². The van der Waals surface area contributed by atoms with Crippen LogP contribution in [0, 0.1) is 5.92 Å². The second kappa shape index (κ2) is 6.05. The molecule has 0 aliphatic heterocycles. The lowest BCUT2D eigenvalue weighted by Gasteiger charge is -2.07. The first-order valence-corrected chi connectivity index (χ1v) is 5.51. The van der Waals surface area contributed by atoms with E-state index in [1.165, 1.54) is 5.56 Å². The molecule has 0 radical (unpaired) electrons. The summed E-state index contributed by atoms with van der Waals surface area (Å²) in [6, 6.07) is 8.05. The van der Waals surface area contributed by atoms with Gasteiger partial charge in [-0.25, -0.2) is 0 Å². The van der Waals surface area contributed by atoms with Crippen molar-refractivity contribution in [3.8, 4) is 0 Å². The van der Waals surface area contributed by atoms with Crippen LogP contribution in [0.4, 0.5) is 0 Å². The Bertz CT molecular complexity index is 271. The van der Waals surface area contributed by atoms with Gasteiger partial charge in [-0.15, -0.1) is 0 Å². The zero-order valence-electron chi connectivity index (χ0n) is 8.89. The van der Waals surface area contributed by atoms with Crippen LogP contribution in [0.25, 0.3) is 0 Å². The van der Waals surface area contributed by atoms with Gasteiger partial charge in [0.2, 0.25) is 0 Å². The summed E-state index contributed by atoms with van der Waals surface area (Å²) in [5, 5.41) is 4.24. The first-order chi connectivity index (χ1) is 6.68. The van der Waals surface area contributed by atoms with E-state index < -0.39 is 0 Å². The summed E-state index contributed by atoms with van der Waals surface area (Å²) in [6.07, 6.45) is 1.05. The molecule has 0 spiro atoms. The van der Waals surface area contributed by atoms with E-state index in [-0.39, 0.29) is 0 Å². The standard InChI is InChI=1S/C12H18ClN/c1-10(2)9-14-7-6-11-4-3-5-12(13)8-11/h3-5,8,10,14H,6-7,9H2,1-2H3. The Morgan fingerprint density at radius 2 is 2.14 bits per heavy atom. The summed E-state index contributed by atoms with van der Waals surface area (Å²) < 4.78 is 0. The molecule has 1 nitrogen and oxygen atoms in total. The highest BCUT2D eigenvalue weighted by atomic mass is 35.5. The predicted molar refractivity (Wildman–Crippen MR) is 62.9 cm³/mol. The monoisotopic (exact) mass is 211 g/mol. The van der Waals surface area contributed by atoms with Crippen LogP contribution in [-0.4, -0.2) is 13.1 Å². The Labute approximate surface area is 91.5 Å². The first kappa shape index (κ1) is 11.5. The van der Waals surface area contributed by atoms with Gasteiger partial charge in [-0.2, -0.15) is 0 Å². The number of hydrogen-bond donors (Lipinski definition) is 1. The average Bonchev–Trinajstić information content (AvgIpc) is 2.12. The molecule has 1 aromatic rings. The second-order valence-corrected chi connectivity index (χ2v) is 4.41. The van der Waals surface area contributed by atoms with Crippen molar-refractivity contribution in [3.05, 3.63) is 34.9 Å². The van der Waals surface area contributed by atoms with E-state index in [1.54, 1.807) is 0 Å². The van der Waals surface area contributed by atoms with Gasteiger partial charge >= 0.3 is 0 Å². The maximum Gasteiger partial charge on any atom is 0.0408 e. The third kappa shape index (κ3) is 4.64. The van der Waals surface area contributed by atoms with E-state index in [4.69, 9.17) is 11.6 Å². The quantitative estimate of drug-likeness (QED) is 0.738. The van der Waals surface area contributed by atoms with Gasteiger partial charge in [-0.05, 0) is 43.1 Å². The lowest BCUT2D eigenvalue weighted by atomic mass is 10.1. The Morgan fingerprint density at radius 1 is 1.36 bits per heavy atom. The second-order valence-electron chi connectivity index (χ2n) is 3.98. The van der Waals surface area contributed by atoms with Crippen molar-refractivity contribution in [2.45, 2.75) is 20.3 Å². The van der Waals surface area contributed by atoms with Crippen molar-refractivity contribution in [1.29, 1.82) is 0 Å². The third-order valence-corrected chi connectivity index (χ3v) is 2.27. The van der Waals surface area contributed by atoms with E-state index in [9.17, 15) is 0 Å². The van der Waals surface area contributed by atoms with Crippen LogP contribution >= 0.6 is 11.6 Å². The van der Waals surface area contributed by atoms with E-state index >= 15 is 0 Å². The number of nitrogens with one attached hydrogen (secondary N) is 1. The van der Waals surface area contributed by atoms with Gasteiger partial charge in [0, 0.05) is 5.02 Å². The molecule has 78 valence electrons. The van der Waals surface area contributed by atoms with Gasteiger partial charge in [-0.3, -0.25) is 0 Å². The van der Waals surface area contributed by atoms with Gasteiger partial charge in [-0.1, -0.05) is 37.6 Å². The van der Waals surface area contributed by atoms with Crippen molar-refractivity contribution in [3.63, 3.8) is 0 Å². The van der Waals surface area contributed by atoms with Crippen LogP contribution in [-0.2, 0) is 6.42 Å². The predicted octanol–water partition coefficient (Wildman–Crippen LogP) is 3.13. The van der Waals surface area contributed by atoms with Crippen LogP contribution < -0.4 is 5.32 Å². The van der Waals surface area contributed by atoms with Crippen molar-refractivity contribution in [2.75, 3.05) is 13.1 Å². The molecule has 0 fully saturated rings. The maximum atomic E-state index is 5.89. The van der Waals surface area contributed by atoms with Crippen LogP contribution in [0.3, 0.4) is 0 Å². The molecule has 0 bridgehead atoms. The SMILES string of the molecule is CC(C)CNCCc1cccc(Cl)c1. The minimum Gasteiger partial charge on any atom is -0.316 e. The van der Waals surface area contributed by atoms with Gasteiger partial charge in [0.25, 0.3) is 0 Å². The number of hydrogen-bond acceptors (Lipinski definition) is 1. The Hall–Kier alpha value is -0.530. The van der Waals surface area contributed by atoms with E-state index in [0.29, 0.717) is 0 Å². The van der Waals surface area contributed by atoms with Gasteiger partial charge in [0.05, 0.1) is 0 Å². The highest BCUT2D eigenvalue weighted by Gasteiger charge is 1.95. The van der Waals surface area contributed by atoms with Crippen molar-refractivity contribution < 1.29 is 0 Å². The van der Waals surface area contributed by atoms with Crippen LogP contribution in [0.5, 0.6) is 0 Å². The van der Waals surface area contributed by atoms with Crippen molar-refractivity contribution in [2.24, 2.45) is 5.92 Å². The molecule has 0 saturated carbocycles. The lowest BCUT2D eigenvalue weighted by molar-refractivity contribution is 0.554. The van der Waals surface area contributed by atoms with E-state index in [2.05, 4.69) is 25.2 Å². The minimum absolute atomic E-state index is 0.717. The molecule has 1 aromatic carbocycles. The zero-order chi connectivity index (χ0) is 10.4. The summed E-state index contributed by atoms with van der Waals surface area (Å²) >= 11 is 5.89. The molecular weight excluding hydrogens is 194 g/mol. The Kier molecular flexibility index (Phi) is 4.99. The molecule has 0 heterocycles. The molecule has 0 aliphatic carbocycles. The van der Waals surface area contributed by atoms with Crippen LogP contribution in [0.1, 0.15) is 19.4 Å². The smallest absolute Gasteiger partial charge is 0.0408 e. The van der Waals surface area contributed by atoms with Crippen LogP contribution in [0.15, 0.2) is 24.3 Å². The zero-order valence-corrected chi connectivity index (χ0v) is 9.64. The van der Waals surface area contributed by atoms with Gasteiger partial charge in [0.1, 0.15) is 0 Å². The molecule has 1 rings (SSSR count). The first-order valence-electron chi connectivity index (χ1n) is 5.13. The number of halogens is 1. The molecule has 2 heteroatoms. The normalized spacial score (nSPS) is 10.9. The van der Waals surface area contributed by atoms with Gasteiger partial charge in [0.15, 0.2) is 0 Å². The van der Waals surface area contributed by atoms with Crippen molar-refractivity contribution in [1.82, 2.24) is 5.32 Å². The largest absolute Gasteiger partial charge is 0.316 e. The molecule has 0 saturated heterocycles. The highest BCUT2D eigenvalue weighted by molar-refractivity contribution is 6.30. The molecule has 0 atom stereocenters. The molecular formula is C12H18ClN. The summed E-state index contributed by atoms with van der Waals surface area (Å²) in [7, 11) is 0. The fourth-order valence-electron chi connectivity index (χ4n) is 1.32. The van der Waals surface area contributed by atoms with E-state index in [0.717, 1.165) is 30.5 Å². The topological polar surface area (TPSA) is 12.0 Å². The number of rotatable bonds is 5. The molecule has 0 amide bonds. The fourth-order valence-corrected chi connectivity index (χ4v) is 1.53. The fraction of sp³-hybridized carbons (Fsp3) is 0.500.